The van der Waals surface area contributed by atoms with Crippen molar-refractivity contribution in [1.29, 1.82) is 0 Å². The van der Waals surface area contributed by atoms with E-state index >= 15 is 0 Å². The number of aldehydes is 1. The monoisotopic (exact) mass is 290 g/mol. The largest absolute Gasteiger partial charge is 0.494 e. The van der Waals surface area contributed by atoms with Gasteiger partial charge in [-0.3, -0.25) is 4.79 Å². The first-order chi connectivity index (χ1) is 9.71. The molecule has 0 N–H and O–H groups in total. The molecule has 0 saturated carbocycles. The first-order valence-corrected chi connectivity index (χ1v) is 6.75. The fraction of sp³-hybridized carbons (Fsp3) is 0.467. The maximum Gasteiger partial charge on any atom is 0.494 e. The Labute approximate surface area is 124 Å². The molecule has 0 atom stereocenters. The molecule has 1 aromatic rings. The summed E-state index contributed by atoms with van der Waals surface area (Å²) in [5.74, 6) is -0.560. The van der Waals surface area contributed by atoms with E-state index in [0.29, 0.717) is 11.7 Å². The lowest BCUT2D eigenvalue weighted by atomic mass is 9.78. The van der Waals surface area contributed by atoms with Crippen LogP contribution in [-0.2, 0) is 14.0 Å². The maximum absolute atomic E-state index is 11.8. The molecule has 21 heavy (non-hydrogen) atoms. The molecule has 6 heteroatoms. The molecule has 0 spiro atoms. The van der Waals surface area contributed by atoms with Crippen molar-refractivity contribution < 1.29 is 23.6 Å². The van der Waals surface area contributed by atoms with Gasteiger partial charge in [0.1, 0.15) is 0 Å². The minimum absolute atomic E-state index is 0.208. The number of rotatable bonds is 3. The average Bonchev–Trinajstić information content (AvgIpc) is 2.66. The molecule has 1 saturated heterocycles. The first-order valence-electron chi connectivity index (χ1n) is 6.75. The molecular formula is C15H19BO5. The van der Waals surface area contributed by atoms with Crippen LogP contribution >= 0.6 is 0 Å². The molecule has 5 nitrogen and oxygen atoms in total. The Morgan fingerprint density at radius 1 is 1.19 bits per heavy atom. The lowest BCUT2D eigenvalue weighted by Gasteiger charge is -2.32. The summed E-state index contributed by atoms with van der Waals surface area (Å²) in [6, 6.07) is 4.87. The van der Waals surface area contributed by atoms with Gasteiger partial charge in [-0.05, 0) is 39.2 Å². The van der Waals surface area contributed by atoms with E-state index in [1.165, 1.54) is 7.11 Å². The van der Waals surface area contributed by atoms with Crippen molar-refractivity contribution in [2.45, 2.75) is 38.9 Å². The number of benzene rings is 1. The summed E-state index contributed by atoms with van der Waals surface area (Å²) in [6.07, 6.45) is 0.625. The van der Waals surface area contributed by atoms with Gasteiger partial charge in [0, 0.05) is 5.56 Å². The van der Waals surface area contributed by atoms with Crippen LogP contribution in [0.4, 0.5) is 0 Å². The van der Waals surface area contributed by atoms with E-state index in [0.717, 1.165) is 0 Å². The SMILES string of the molecule is COC(=O)c1cc(B2OC(C)(C)C(C)(C)O2)ccc1C=O. The highest BCUT2D eigenvalue weighted by molar-refractivity contribution is 6.62. The van der Waals surface area contributed by atoms with E-state index in [4.69, 9.17) is 14.0 Å². The van der Waals surface area contributed by atoms with Gasteiger partial charge < -0.3 is 14.0 Å². The first kappa shape index (κ1) is 15.7. The highest BCUT2D eigenvalue weighted by atomic mass is 16.7. The van der Waals surface area contributed by atoms with Gasteiger partial charge in [0.05, 0.1) is 23.9 Å². The van der Waals surface area contributed by atoms with Crippen LogP contribution in [-0.4, -0.2) is 37.7 Å². The fourth-order valence-electron chi connectivity index (χ4n) is 2.09. The predicted octanol–water partition coefficient (Wildman–Crippen LogP) is 1.58. The zero-order valence-electron chi connectivity index (χ0n) is 12.9. The van der Waals surface area contributed by atoms with Crippen LogP contribution in [0, 0.1) is 0 Å². The zero-order chi connectivity index (χ0) is 15.8. The Hall–Kier alpha value is -1.66. The zero-order valence-corrected chi connectivity index (χ0v) is 12.9. The van der Waals surface area contributed by atoms with Crippen LogP contribution < -0.4 is 5.46 Å². The van der Waals surface area contributed by atoms with Crippen molar-refractivity contribution in [1.82, 2.24) is 0 Å². The molecule has 1 aliphatic rings. The molecule has 1 aliphatic heterocycles. The summed E-state index contributed by atoms with van der Waals surface area (Å²) < 4.78 is 16.6. The topological polar surface area (TPSA) is 61.8 Å². The summed E-state index contributed by atoms with van der Waals surface area (Å²) in [4.78, 5) is 22.8. The van der Waals surface area contributed by atoms with Crippen LogP contribution in [0.1, 0.15) is 48.4 Å². The van der Waals surface area contributed by atoms with Gasteiger partial charge in [0.25, 0.3) is 0 Å². The Kier molecular flexibility index (Phi) is 3.95. The molecular weight excluding hydrogens is 271 g/mol. The third-order valence-corrected chi connectivity index (χ3v) is 4.14. The third kappa shape index (κ3) is 2.73. The minimum Gasteiger partial charge on any atom is -0.465 e. The smallest absolute Gasteiger partial charge is 0.465 e. The molecule has 0 bridgehead atoms. The summed E-state index contributed by atoms with van der Waals surface area (Å²) in [5, 5.41) is 0. The van der Waals surface area contributed by atoms with Crippen molar-refractivity contribution >= 4 is 24.8 Å². The number of hydrogen-bond acceptors (Lipinski definition) is 5. The van der Waals surface area contributed by atoms with Crippen LogP contribution in [0.2, 0.25) is 0 Å². The average molecular weight is 290 g/mol. The molecule has 112 valence electrons. The standard InChI is InChI=1S/C15H19BO5/c1-14(2)15(3,4)21-16(20-14)11-7-6-10(9-17)12(8-11)13(18)19-5/h6-9H,1-5H3. The van der Waals surface area contributed by atoms with Crippen molar-refractivity contribution in [2.75, 3.05) is 7.11 Å². The van der Waals surface area contributed by atoms with Gasteiger partial charge >= 0.3 is 13.1 Å². The highest BCUT2D eigenvalue weighted by Gasteiger charge is 2.51. The van der Waals surface area contributed by atoms with E-state index in [1.54, 1.807) is 18.2 Å². The minimum atomic E-state index is -0.584. The molecule has 2 rings (SSSR count). The molecule has 1 aromatic carbocycles. The second-order valence-corrected chi connectivity index (χ2v) is 6.04. The Balaban J connectivity index is 2.39. The van der Waals surface area contributed by atoms with Gasteiger partial charge in [0.15, 0.2) is 6.29 Å². The van der Waals surface area contributed by atoms with E-state index in [9.17, 15) is 9.59 Å². The van der Waals surface area contributed by atoms with Crippen molar-refractivity contribution in [3.05, 3.63) is 29.3 Å². The van der Waals surface area contributed by atoms with E-state index in [1.807, 2.05) is 27.7 Å². The van der Waals surface area contributed by atoms with Gasteiger partial charge in [-0.1, -0.05) is 12.1 Å². The third-order valence-electron chi connectivity index (χ3n) is 4.14. The molecule has 1 fully saturated rings. The number of ether oxygens (including phenoxy) is 1. The quantitative estimate of drug-likeness (QED) is 0.480. The van der Waals surface area contributed by atoms with E-state index < -0.39 is 24.3 Å². The maximum atomic E-state index is 11.8. The fourth-order valence-corrected chi connectivity index (χ4v) is 2.09. The van der Waals surface area contributed by atoms with E-state index in [-0.39, 0.29) is 11.1 Å². The van der Waals surface area contributed by atoms with Crippen molar-refractivity contribution in [3.8, 4) is 0 Å². The molecule has 0 aliphatic carbocycles. The molecule has 0 aromatic heterocycles. The van der Waals surface area contributed by atoms with Gasteiger partial charge in [-0.2, -0.15) is 0 Å². The van der Waals surface area contributed by atoms with E-state index in [2.05, 4.69) is 0 Å². The number of carbonyl (C=O) groups is 2. The lowest BCUT2D eigenvalue weighted by Crippen LogP contribution is -2.41. The molecule has 1 heterocycles. The van der Waals surface area contributed by atoms with Gasteiger partial charge in [0.2, 0.25) is 0 Å². The summed E-state index contributed by atoms with van der Waals surface area (Å²) in [7, 11) is 0.692. The lowest BCUT2D eigenvalue weighted by molar-refractivity contribution is 0.00578. The summed E-state index contributed by atoms with van der Waals surface area (Å²) >= 11 is 0. The molecule has 0 unspecified atom stereocenters. The normalized spacial score (nSPS) is 19.4. The van der Waals surface area contributed by atoms with Gasteiger partial charge in [-0.15, -0.1) is 0 Å². The molecule has 0 amide bonds. The second-order valence-electron chi connectivity index (χ2n) is 6.04. The second kappa shape index (κ2) is 5.28. The van der Waals surface area contributed by atoms with Crippen LogP contribution in [0.3, 0.4) is 0 Å². The van der Waals surface area contributed by atoms with Crippen LogP contribution in [0.5, 0.6) is 0 Å². The summed E-state index contributed by atoms with van der Waals surface area (Å²) in [5.41, 5.74) is 0.236. The van der Waals surface area contributed by atoms with Crippen molar-refractivity contribution in [3.63, 3.8) is 0 Å². The Bertz CT molecular complexity index is 563. The predicted molar refractivity (Wildman–Crippen MR) is 78.9 cm³/mol. The number of carbonyl (C=O) groups excluding carboxylic acids is 2. The summed E-state index contributed by atoms with van der Waals surface area (Å²) in [6.45, 7) is 7.81. The van der Waals surface area contributed by atoms with Crippen LogP contribution in [0.15, 0.2) is 18.2 Å². The Morgan fingerprint density at radius 2 is 1.76 bits per heavy atom. The van der Waals surface area contributed by atoms with Crippen molar-refractivity contribution in [2.24, 2.45) is 0 Å². The van der Waals surface area contributed by atoms with Gasteiger partial charge in [-0.25, -0.2) is 4.79 Å². The Morgan fingerprint density at radius 3 is 2.24 bits per heavy atom. The number of methoxy groups -OCH3 is 1. The molecule has 0 radical (unpaired) electrons. The highest BCUT2D eigenvalue weighted by Crippen LogP contribution is 2.36. The number of hydrogen-bond donors (Lipinski definition) is 0. The van der Waals surface area contributed by atoms with Crippen LogP contribution in [0.25, 0.3) is 0 Å². The number of esters is 1.